The van der Waals surface area contributed by atoms with Crippen molar-refractivity contribution in [3.05, 3.63) is 88.8 Å². The van der Waals surface area contributed by atoms with Crippen LogP contribution in [0.2, 0.25) is 10.0 Å². The molecule has 2 aromatic heterocycles. The molecule has 2 heterocycles. The summed E-state index contributed by atoms with van der Waals surface area (Å²) in [6, 6.07) is 16.3. The van der Waals surface area contributed by atoms with Crippen LogP contribution in [0.1, 0.15) is 10.4 Å². The minimum Gasteiger partial charge on any atom is -0.396 e. The number of carbonyl (C=O) groups is 1. The van der Waals surface area contributed by atoms with E-state index in [4.69, 9.17) is 28.9 Å². The third-order valence-corrected chi connectivity index (χ3v) is 4.88. The lowest BCUT2D eigenvalue weighted by Gasteiger charge is -2.08. The van der Waals surface area contributed by atoms with E-state index in [2.05, 4.69) is 15.4 Å². The van der Waals surface area contributed by atoms with Crippen LogP contribution in [0.25, 0.3) is 16.9 Å². The van der Waals surface area contributed by atoms with E-state index in [0.29, 0.717) is 16.9 Å². The van der Waals surface area contributed by atoms with Gasteiger partial charge in [-0.25, -0.2) is 4.68 Å². The van der Waals surface area contributed by atoms with Gasteiger partial charge in [-0.1, -0.05) is 41.4 Å². The fourth-order valence-corrected chi connectivity index (χ4v) is 3.31. The maximum atomic E-state index is 13.1. The number of amides is 1. The van der Waals surface area contributed by atoms with E-state index in [1.54, 1.807) is 41.5 Å². The summed E-state index contributed by atoms with van der Waals surface area (Å²) < 4.78 is 1.65. The molecule has 1 amide bonds. The lowest BCUT2D eigenvalue weighted by molar-refractivity contribution is 0.102. The second-order valence-corrected chi connectivity index (χ2v) is 7.04. The van der Waals surface area contributed by atoms with Crippen molar-refractivity contribution in [2.24, 2.45) is 0 Å². The Morgan fingerprint density at radius 3 is 2.41 bits per heavy atom. The zero-order chi connectivity index (χ0) is 20.4. The minimum atomic E-state index is -0.358. The van der Waals surface area contributed by atoms with Crippen molar-refractivity contribution in [3.8, 4) is 16.9 Å². The van der Waals surface area contributed by atoms with Gasteiger partial charge >= 0.3 is 0 Å². The summed E-state index contributed by atoms with van der Waals surface area (Å²) in [5.41, 5.74) is 8.90. The number of pyridine rings is 1. The van der Waals surface area contributed by atoms with Crippen molar-refractivity contribution in [2.45, 2.75) is 0 Å². The maximum Gasteiger partial charge on any atom is 0.259 e. The molecule has 0 saturated heterocycles. The van der Waals surface area contributed by atoms with E-state index in [0.717, 1.165) is 11.3 Å². The Morgan fingerprint density at radius 1 is 1.03 bits per heavy atom. The molecule has 0 aliphatic heterocycles. The summed E-state index contributed by atoms with van der Waals surface area (Å²) >= 11 is 12.1. The van der Waals surface area contributed by atoms with Gasteiger partial charge < -0.3 is 11.1 Å². The minimum absolute atomic E-state index is 0.263. The first-order valence-corrected chi connectivity index (χ1v) is 9.40. The molecule has 2 aromatic carbocycles. The first-order chi connectivity index (χ1) is 14.0. The predicted octanol–water partition coefficient (Wildman–Crippen LogP) is 5.08. The van der Waals surface area contributed by atoms with Gasteiger partial charge in [0.1, 0.15) is 5.69 Å². The molecule has 0 saturated carbocycles. The molecule has 4 aromatic rings. The quantitative estimate of drug-likeness (QED) is 0.448. The van der Waals surface area contributed by atoms with Crippen molar-refractivity contribution in [1.82, 2.24) is 14.8 Å². The lowest BCUT2D eigenvalue weighted by atomic mass is 10.1. The number of hydrogen-bond acceptors (Lipinski definition) is 4. The fraction of sp³-hybridized carbons (Fsp3) is 0. The zero-order valence-electron chi connectivity index (χ0n) is 15.0. The van der Waals surface area contributed by atoms with E-state index < -0.39 is 0 Å². The third kappa shape index (κ3) is 3.94. The monoisotopic (exact) mass is 423 g/mol. The standard InChI is InChI=1S/C21H15Cl2N5O/c22-17-9-14(10-18(23)19(17)24)26-21(29)16-12-28(15-6-2-1-3-7-15)27-20(16)13-5-4-8-25-11-13/h1-12H,24H2,(H,26,29). The number of halogens is 2. The third-order valence-electron chi connectivity index (χ3n) is 4.25. The van der Waals surface area contributed by atoms with Gasteiger partial charge in [0.05, 0.1) is 27.0 Å². The first kappa shape index (κ1) is 19.0. The highest BCUT2D eigenvalue weighted by molar-refractivity contribution is 6.39. The van der Waals surface area contributed by atoms with Crippen LogP contribution in [0.15, 0.2) is 73.2 Å². The molecule has 0 radical (unpaired) electrons. The number of aromatic nitrogens is 3. The van der Waals surface area contributed by atoms with E-state index in [1.807, 2.05) is 36.4 Å². The summed E-state index contributed by atoms with van der Waals surface area (Å²) in [6.45, 7) is 0. The highest BCUT2D eigenvalue weighted by Gasteiger charge is 2.19. The van der Waals surface area contributed by atoms with E-state index in [1.165, 1.54) is 0 Å². The van der Waals surface area contributed by atoms with Crippen molar-refractivity contribution < 1.29 is 4.79 Å². The molecule has 0 aliphatic carbocycles. The summed E-state index contributed by atoms with van der Waals surface area (Å²) in [5.74, 6) is -0.358. The van der Waals surface area contributed by atoms with Gasteiger partial charge in [0.15, 0.2) is 0 Å². The molecule has 0 aliphatic rings. The number of hydrogen-bond donors (Lipinski definition) is 2. The number of benzene rings is 2. The molecular formula is C21H15Cl2N5O. The molecule has 0 atom stereocenters. The highest BCUT2D eigenvalue weighted by Crippen LogP contribution is 2.32. The average molecular weight is 424 g/mol. The van der Waals surface area contributed by atoms with Gasteiger partial charge in [0.2, 0.25) is 0 Å². The van der Waals surface area contributed by atoms with Crippen LogP contribution < -0.4 is 11.1 Å². The number of rotatable bonds is 4. The number of para-hydroxylation sites is 1. The highest BCUT2D eigenvalue weighted by atomic mass is 35.5. The number of anilines is 2. The molecule has 3 N–H and O–H groups in total. The van der Waals surface area contributed by atoms with E-state index in [9.17, 15) is 4.79 Å². The van der Waals surface area contributed by atoms with Crippen molar-refractivity contribution in [2.75, 3.05) is 11.1 Å². The number of nitrogens with one attached hydrogen (secondary N) is 1. The molecular weight excluding hydrogens is 409 g/mol. The summed E-state index contributed by atoms with van der Waals surface area (Å²) in [7, 11) is 0. The fourth-order valence-electron chi connectivity index (χ4n) is 2.82. The lowest BCUT2D eigenvalue weighted by Crippen LogP contribution is -2.12. The van der Waals surface area contributed by atoms with Crippen molar-refractivity contribution in [3.63, 3.8) is 0 Å². The topological polar surface area (TPSA) is 85.8 Å². The van der Waals surface area contributed by atoms with E-state index in [-0.39, 0.29) is 21.6 Å². The Bertz CT molecular complexity index is 1150. The number of nitrogens with zero attached hydrogens (tertiary/aromatic N) is 3. The summed E-state index contributed by atoms with van der Waals surface area (Å²) in [5, 5.41) is 7.94. The van der Waals surface area contributed by atoms with Crippen LogP contribution in [0.5, 0.6) is 0 Å². The van der Waals surface area contributed by atoms with Crippen LogP contribution in [0, 0.1) is 0 Å². The first-order valence-electron chi connectivity index (χ1n) is 8.64. The zero-order valence-corrected chi connectivity index (χ0v) is 16.5. The Labute approximate surface area is 176 Å². The van der Waals surface area contributed by atoms with Crippen molar-refractivity contribution in [1.29, 1.82) is 0 Å². The number of nitrogen functional groups attached to an aromatic ring is 1. The van der Waals surface area contributed by atoms with Gasteiger partial charge in [0, 0.05) is 29.8 Å². The molecule has 0 unspecified atom stereocenters. The van der Waals surface area contributed by atoms with Crippen LogP contribution in [0.4, 0.5) is 11.4 Å². The Morgan fingerprint density at radius 2 is 1.76 bits per heavy atom. The maximum absolute atomic E-state index is 13.1. The van der Waals surface area contributed by atoms with Gasteiger partial charge in [-0.15, -0.1) is 0 Å². The Hall–Kier alpha value is -3.35. The largest absolute Gasteiger partial charge is 0.396 e. The van der Waals surface area contributed by atoms with Crippen LogP contribution in [-0.4, -0.2) is 20.7 Å². The van der Waals surface area contributed by atoms with E-state index >= 15 is 0 Å². The van der Waals surface area contributed by atoms with Gasteiger partial charge in [-0.2, -0.15) is 5.10 Å². The number of nitrogens with two attached hydrogens (primary N) is 1. The second kappa shape index (κ2) is 7.95. The molecule has 8 heteroatoms. The van der Waals surface area contributed by atoms with Crippen LogP contribution >= 0.6 is 23.2 Å². The summed E-state index contributed by atoms with van der Waals surface area (Å²) in [6.07, 6.45) is 4.99. The molecule has 0 fully saturated rings. The van der Waals surface area contributed by atoms with Crippen LogP contribution in [-0.2, 0) is 0 Å². The van der Waals surface area contributed by atoms with Gasteiger partial charge in [-0.3, -0.25) is 9.78 Å². The molecule has 4 rings (SSSR count). The normalized spacial score (nSPS) is 10.7. The molecule has 0 bridgehead atoms. The predicted molar refractivity (Wildman–Crippen MR) is 116 cm³/mol. The van der Waals surface area contributed by atoms with Gasteiger partial charge in [-0.05, 0) is 36.4 Å². The number of carbonyl (C=O) groups excluding carboxylic acids is 1. The SMILES string of the molecule is Nc1c(Cl)cc(NC(=O)c2cn(-c3ccccc3)nc2-c2cccnc2)cc1Cl. The Balaban J connectivity index is 1.75. The van der Waals surface area contributed by atoms with Crippen LogP contribution in [0.3, 0.4) is 0 Å². The second-order valence-electron chi connectivity index (χ2n) is 6.22. The Kier molecular flexibility index (Phi) is 5.20. The smallest absolute Gasteiger partial charge is 0.259 e. The van der Waals surface area contributed by atoms with Crippen molar-refractivity contribution >= 4 is 40.5 Å². The molecule has 0 spiro atoms. The van der Waals surface area contributed by atoms with Gasteiger partial charge in [0.25, 0.3) is 5.91 Å². The molecule has 29 heavy (non-hydrogen) atoms. The molecule has 144 valence electrons. The average Bonchev–Trinajstić information content (AvgIpc) is 3.19. The summed E-state index contributed by atoms with van der Waals surface area (Å²) in [4.78, 5) is 17.2. The molecule has 6 nitrogen and oxygen atoms in total.